The first-order valence-electron chi connectivity index (χ1n) is 6.45. The summed E-state index contributed by atoms with van der Waals surface area (Å²) in [5.41, 5.74) is 2.34. The third-order valence-corrected chi connectivity index (χ3v) is 3.11. The minimum Gasteiger partial charge on any atom is -0.489 e. The van der Waals surface area contributed by atoms with E-state index >= 15 is 0 Å². The molecule has 0 aliphatic carbocycles. The first-order valence-corrected chi connectivity index (χ1v) is 6.45. The quantitative estimate of drug-likeness (QED) is 0.835. The summed E-state index contributed by atoms with van der Waals surface area (Å²) in [6.45, 7) is 2.45. The number of hydrogen-bond acceptors (Lipinski definition) is 3. The Hall–Kier alpha value is -2.29. The lowest BCUT2D eigenvalue weighted by Gasteiger charge is -2.14. The lowest BCUT2D eigenvalue weighted by molar-refractivity contribution is 0.306. The Balaban J connectivity index is 1.61. The summed E-state index contributed by atoms with van der Waals surface area (Å²) in [5.74, 6) is 0.892. The Bertz CT molecular complexity index is 549. The first-order chi connectivity index (χ1) is 9.42. The molecule has 3 heteroatoms. The number of aliphatic imine (C=N–C) groups is 1. The zero-order chi connectivity index (χ0) is 12.9. The van der Waals surface area contributed by atoms with Crippen molar-refractivity contribution >= 4 is 12.0 Å². The summed E-state index contributed by atoms with van der Waals surface area (Å²) < 4.78 is 5.76. The topological polar surface area (TPSA) is 24.8 Å². The normalized spacial score (nSPS) is 13.8. The van der Waals surface area contributed by atoms with Crippen molar-refractivity contribution in [3.05, 3.63) is 60.2 Å². The molecule has 2 aromatic rings. The van der Waals surface area contributed by atoms with Crippen molar-refractivity contribution in [1.29, 1.82) is 0 Å². The highest BCUT2D eigenvalue weighted by Crippen LogP contribution is 2.20. The fourth-order valence-electron chi connectivity index (χ4n) is 2.05. The number of benzene rings is 2. The van der Waals surface area contributed by atoms with Crippen LogP contribution in [-0.2, 0) is 6.61 Å². The van der Waals surface area contributed by atoms with E-state index in [2.05, 4.69) is 34.2 Å². The molecule has 0 bridgehead atoms. The van der Waals surface area contributed by atoms with Crippen molar-refractivity contribution in [2.45, 2.75) is 6.61 Å². The SMILES string of the molecule is C1=NCCN1c1ccc(OCc2ccccc2)cc1. The van der Waals surface area contributed by atoms with Gasteiger partial charge in [0.25, 0.3) is 0 Å². The van der Waals surface area contributed by atoms with Gasteiger partial charge in [-0.05, 0) is 29.8 Å². The molecule has 3 nitrogen and oxygen atoms in total. The van der Waals surface area contributed by atoms with Gasteiger partial charge < -0.3 is 9.64 Å². The number of rotatable bonds is 4. The molecule has 1 heterocycles. The van der Waals surface area contributed by atoms with E-state index in [4.69, 9.17) is 4.74 Å². The predicted octanol–water partition coefficient (Wildman–Crippen LogP) is 3.11. The summed E-state index contributed by atoms with van der Waals surface area (Å²) in [7, 11) is 0. The molecule has 19 heavy (non-hydrogen) atoms. The van der Waals surface area contributed by atoms with Gasteiger partial charge in [0.05, 0.1) is 12.9 Å². The van der Waals surface area contributed by atoms with Gasteiger partial charge in [-0.1, -0.05) is 30.3 Å². The van der Waals surface area contributed by atoms with Gasteiger partial charge in [-0.2, -0.15) is 0 Å². The van der Waals surface area contributed by atoms with E-state index in [-0.39, 0.29) is 0 Å². The summed E-state index contributed by atoms with van der Waals surface area (Å²) in [6, 6.07) is 18.3. The number of hydrogen-bond donors (Lipinski definition) is 0. The first kappa shape index (κ1) is 11.8. The number of anilines is 1. The molecule has 0 atom stereocenters. The molecule has 1 aliphatic rings. The van der Waals surface area contributed by atoms with Crippen LogP contribution in [0.5, 0.6) is 5.75 Å². The van der Waals surface area contributed by atoms with E-state index in [1.807, 2.05) is 36.7 Å². The molecule has 3 rings (SSSR count). The Morgan fingerprint density at radius 2 is 1.79 bits per heavy atom. The average molecular weight is 252 g/mol. The summed E-state index contributed by atoms with van der Waals surface area (Å²) in [6.07, 6.45) is 1.89. The zero-order valence-corrected chi connectivity index (χ0v) is 10.7. The summed E-state index contributed by atoms with van der Waals surface area (Å²) in [5, 5.41) is 0. The lowest BCUT2D eigenvalue weighted by Crippen LogP contribution is -2.17. The second-order valence-electron chi connectivity index (χ2n) is 4.48. The van der Waals surface area contributed by atoms with Gasteiger partial charge in [0.1, 0.15) is 12.4 Å². The number of ether oxygens (including phenoxy) is 1. The third-order valence-electron chi connectivity index (χ3n) is 3.11. The smallest absolute Gasteiger partial charge is 0.119 e. The van der Waals surface area contributed by atoms with Crippen LogP contribution in [0.15, 0.2) is 59.6 Å². The second kappa shape index (κ2) is 5.57. The molecule has 0 spiro atoms. The Morgan fingerprint density at radius 3 is 2.47 bits per heavy atom. The summed E-state index contributed by atoms with van der Waals surface area (Å²) >= 11 is 0. The van der Waals surface area contributed by atoms with Crippen molar-refractivity contribution < 1.29 is 4.74 Å². The molecular formula is C16H16N2O. The standard InChI is InChI=1S/C16H16N2O/c1-2-4-14(5-3-1)12-19-16-8-6-15(7-9-16)18-11-10-17-13-18/h1-9,13H,10-12H2. The molecule has 0 fully saturated rings. The van der Waals surface area contributed by atoms with E-state index in [1.54, 1.807) is 0 Å². The van der Waals surface area contributed by atoms with Gasteiger partial charge >= 0.3 is 0 Å². The highest BCUT2D eigenvalue weighted by molar-refractivity contribution is 5.80. The van der Waals surface area contributed by atoms with E-state index in [1.165, 1.54) is 5.56 Å². The Kier molecular flexibility index (Phi) is 3.45. The van der Waals surface area contributed by atoms with Crippen LogP contribution in [0.3, 0.4) is 0 Å². The van der Waals surface area contributed by atoms with Crippen LogP contribution in [-0.4, -0.2) is 19.4 Å². The van der Waals surface area contributed by atoms with Crippen LogP contribution in [0.4, 0.5) is 5.69 Å². The van der Waals surface area contributed by atoms with E-state index < -0.39 is 0 Å². The van der Waals surface area contributed by atoms with Crippen molar-refractivity contribution in [3.8, 4) is 5.75 Å². The maximum atomic E-state index is 5.76. The third kappa shape index (κ3) is 2.94. The van der Waals surface area contributed by atoms with Crippen molar-refractivity contribution in [2.24, 2.45) is 4.99 Å². The van der Waals surface area contributed by atoms with Crippen LogP contribution in [0.2, 0.25) is 0 Å². The predicted molar refractivity (Wildman–Crippen MR) is 77.9 cm³/mol. The minimum absolute atomic E-state index is 0.603. The van der Waals surface area contributed by atoms with Crippen LogP contribution in [0, 0.1) is 0 Å². The lowest BCUT2D eigenvalue weighted by atomic mass is 10.2. The maximum Gasteiger partial charge on any atom is 0.119 e. The van der Waals surface area contributed by atoms with Gasteiger partial charge in [0.2, 0.25) is 0 Å². The van der Waals surface area contributed by atoms with Gasteiger partial charge in [-0.15, -0.1) is 0 Å². The fraction of sp³-hybridized carbons (Fsp3) is 0.188. The van der Waals surface area contributed by atoms with Crippen molar-refractivity contribution in [2.75, 3.05) is 18.0 Å². The number of nitrogens with zero attached hydrogens (tertiary/aromatic N) is 2. The van der Waals surface area contributed by atoms with Gasteiger partial charge in [-0.3, -0.25) is 4.99 Å². The van der Waals surface area contributed by atoms with E-state index in [9.17, 15) is 0 Å². The molecule has 0 radical (unpaired) electrons. The molecule has 0 saturated carbocycles. The van der Waals surface area contributed by atoms with Gasteiger partial charge in [-0.25, -0.2) is 0 Å². The van der Waals surface area contributed by atoms with Crippen molar-refractivity contribution in [3.63, 3.8) is 0 Å². The average Bonchev–Trinajstić information content (AvgIpc) is 3.01. The van der Waals surface area contributed by atoms with Gasteiger partial charge in [0.15, 0.2) is 0 Å². The zero-order valence-electron chi connectivity index (χ0n) is 10.7. The molecule has 0 unspecified atom stereocenters. The monoisotopic (exact) mass is 252 g/mol. The second-order valence-corrected chi connectivity index (χ2v) is 4.48. The van der Waals surface area contributed by atoms with Crippen LogP contribution in [0.1, 0.15) is 5.56 Å². The van der Waals surface area contributed by atoms with Crippen molar-refractivity contribution in [1.82, 2.24) is 0 Å². The molecule has 0 aromatic heterocycles. The van der Waals surface area contributed by atoms with Gasteiger partial charge in [0, 0.05) is 12.2 Å². The molecule has 0 saturated heterocycles. The van der Waals surface area contributed by atoms with E-state index in [0.717, 1.165) is 24.5 Å². The van der Waals surface area contributed by atoms with Crippen LogP contribution < -0.4 is 9.64 Å². The van der Waals surface area contributed by atoms with Crippen LogP contribution >= 0.6 is 0 Å². The fourth-order valence-corrected chi connectivity index (χ4v) is 2.05. The molecule has 96 valence electrons. The Morgan fingerprint density at radius 1 is 1.00 bits per heavy atom. The largest absolute Gasteiger partial charge is 0.489 e. The molecule has 0 amide bonds. The highest BCUT2D eigenvalue weighted by Gasteiger charge is 2.07. The van der Waals surface area contributed by atoms with Crippen LogP contribution in [0.25, 0.3) is 0 Å². The minimum atomic E-state index is 0.603. The Labute approximate surface area is 113 Å². The maximum absolute atomic E-state index is 5.76. The molecular weight excluding hydrogens is 236 g/mol. The highest BCUT2D eigenvalue weighted by atomic mass is 16.5. The molecule has 2 aromatic carbocycles. The summed E-state index contributed by atoms with van der Waals surface area (Å²) in [4.78, 5) is 6.35. The molecule has 1 aliphatic heterocycles. The van der Waals surface area contributed by atoms with E-state index in [0.29, 0.717) is 6.61 Å². The molecule has 0 N–H and O–H groups in total.